The van der Waals surface area contributed by atoms with Crippen LogP contribution < -0.4 is 20.9 Å². The maximum atomic E-state index is 13.3. The molecule has 0 saturated carbocycles. The number of rotatable bonds is 9. The maximum absolute atomic E-state index is 13.3. The Morgan fingerprint density at radius 3 is 2.60 bits per heavy atom. The third kappa shape index (κ3) is 7.00. The monoisotopic (exact) mass is 515 g/mol. The van der Waals surface area contributed by atoms with Crippen LogP contribution in [0.15, 0.2) is 53.5 Å². The molecule has 2 atom stereocenters. The highest BCUT2D eigenvalue weighted by Crippen LogP contribution is 2.29. The molecular formula is C25H30ClN5O3S. The van der Waals surface area contributed by atoms with Crippen molar-refractivity contribution in [3.63, 3.8) is 0 Å². The fraction of sp³-hybridized carbons (Fsp3) is 0.360. The topological polar surface area (TPSA) is 106 Å². The lowest BCUT2D eigenvalue weighted by atomic mass is 10.0. The van der Waals surface area contributed by atoms with Crippen LogP contribution in [0.3, 0.4) is 0 Å². The van der Waals surface area contributed by atoms with Gasteiger partial charge in [-0.3, -0.25) is 4.79 Å². The minimum atomic E-state index is -1.06. The van der Waals surface area contributed by atoms with Gasteiger partial charge in [0, 0.05) is 29.2 Å². The number of aliphatic imine (C=N–C) groups is 1. The number of nitrogens with zero attached hydrogens (tertiary/aromatic N) is 2. The van der Waals surface area contributed by atoms with Gasteiger partial charge in [-0.05, 0) is 49.8 Å². The number of carbonyl (C=O) groups is 2. The van der Waals surface area contributed by atoms with Crippen molar-refractivity contribution in [1.29, 1.82) is 0 Å². The zero-order valence-electron chi connectivity index (χ0n) is 19.9. The van der Waals surface area contributed by atoms with E-state index in [-0.39, 0.29) is 11.0 Å². The number of nitrogens with one attached hydrogen (secondary N) is 3. The normalized spacial score (nSPS) is 16.3. The van der Waals surface area contributed by atoms with Gasteiger partial charge in [-0.15, -0.1) is 0 Å². The number of likely N-dealkylation sites (N-methyl/N-ethyl adjacent to an activating group) is 1. The van der Waals surface area contributed by atoms with E-state index < -0.39 is 18.2 Å². The molecule has 1 aliphatic heterocycles. The summed E-state index contributed by atoms with van der Waals surface area (Å²) in [5.41, 5.74) is 2.76. The maximum Gasteiger partial charge on any atom is 0.326 e. The predicted molar refractivity (Wildman–Crippen MR) is 143 cm³/mol. The fourth-order valence-corrected chi connectivity index (χ4v) is 4.17. The van der Waals surface area contributed by atoms with Crippen molar-refractivity contribution in [3.8, 4) is 0 Å². The summed E-state index contributed by atoms with van der Waals surface area (Å²) in [5, 5.41) is 19.2. The number of thiocarbonyl (C=S) groups is 1. The smallest absolute Gasteiger partial charge is 0.326 e. The van der Waals surface area contributed by atoms with Crippen LogP contribution in [-0.2, 0) is 9.59 Å². The van der Waals surface area contributed by atoms with E-state index in [1.165, 1.54) is 4.90 Å². The number of halogens is 1. The largest absolute Gasteiger partial charge is 0.480 e. The second-order valence-corrected chi connectivity index (χ2v) is 9.41. The number of anilines is 1. The van der Waals surface area contributed by atoms with E-state index in [1.54, 1.807) is 25.2 Å². The molecule has 8 nitrogen and oxygen atoms in total. The highest BCUT2D eigenvalue weighted by Gasteiger charge is 2.31. The van der Waals surface area contributed by atoms with E-state index >= 15 is 0 Å². The number of hydrogen-bond acceptors (Lipinski definition) is 5. The first-order valence-corrected chi connectivity index (χ1v) is 12.2. The van der Waals surface area contributed by atoms with Crippen molar-refractivity contribution in [2.75, 3.05) is 18.5 Å². The molecule has 0 fully saturated rings. The van der Waals surface area contributed by atoms with Gasteiger partial charge in [-0.2, -0.15) is 0 Å². The van der Waals surface area contributed by atoms with Crippen LogP contribution in [0.2, 0.25) is 5.02 Å². The Hall–Kier alpha value is -3.01. The number of benzodiazepines with no additional fused rings is 1. The molecule has 4 N–H and O–H groups in total. The first kappa shape index (κ1) is 26.6. The van der Waals surface area contributed by atoms with Gasteiger partial charge < -0.3 is 26.0 Å². The number of carboxylic acids is 1. The summed E-state index contributed by atoms with van der Waals surface area (Å²) in [6.45, 7) is 4.76. The lowest BCUT2D eigenvalue weighted by molar-refractivity contribution is -0.139. The molecule has 2 unspecified atom stereocenters. The summed E-state index contributed by atoms with van der Waals surface area (Å²) in [7, 11) is 1.66. The summed E-state index contributed by atoms with van der Waals surface area (Å²) < 4.78 is 0. The Labute approximate surface area is 215 Å². The van der Waals surface area contributed by atoms with E-state index in [0.717, 1.165) is 5.56 Å². The van der Waals surface area contributed by atoms with Crippen molar-refractivity contribution >= 4 is 52.2 Å². The number of fused-ring (bicyclic) bond motifs is 1. The summed E-state index contributed by atoms with van der Waals surface area (Å²) in [4.78, 5) is 31.3. The second-order valence-electron chi connectivity index (χ2n) is 8.56. The Morgan fingerprint density at radius 1 is 1.23 bits per heavy atom. The van der Waals surface area contributed by atoms with E-state index in [4.69, 9.17) is 28.8 Å². The molecule has 0 aliphatic carbocycles. The molecular weight excluding hydrogens is 486 g/mol. The van der Waals surface area contributed by atoms with Gasteiger partial charge in [-0.25, -0.2) is 9.79 Å². The third-order valence-electron chi connectivity index (χ3n) is 5.54. The van der Waals surface area contributed by atoms with Crippen LogP contribution in [0.25, 0.3) is 0 Å². The first-order valence-electron chi connectivity index (χ1n) is 11.4. The minimum absolute atomic E-state index is 0.0427. The molecule has 0 saturated heterocycles. The second kappa shape index (κ2) is 12.1. The Kier molecular flexibility index (Phi) is 9.20. The average molecular weight is 516 g/mol. The summed E-state index contributed by atoms with van der Waals surface area (Å²) >= 11 is 11.7. The quantitative estimate of drug-likeness (QED) is 0.300. The molecule has 1 aliphatic rings. The van der Waals surface area contributed by atoms with E-state index in [2.05, 4.69) is 16.0 Å². The number of carboxylic acid groups (broad SMARTS) is 1. The van der Waals surface area contributed by atoms with Crippen molar-refractivity contribution in [1.82, 2.24) is 16.0 Å². The fourth-order valence-electron chi connectivity index (χ4n) is 3.74. The lowest BCUT2D eigenvalue weighted by Crippen LogP contribution is -2.52. The van der Waals surface area contributed by atoms with Crippen LogP contribution in [-0.4, -0.2) is 59.6 Å². The third-order valence-corrected chi connectivity index (χ3v) is 6.01. The molecule has 186 valence electrons. The molecule has 0 bridgehead atoms. The molecule has 2 aromatic rings. The van der Waals surface area contributed by atoms with Gasteiger partial charge >= 0.3 is 5.97 Å². The van der Waals surface area contributed by atoms with Crippen LogP contribution in [0.5, 0.6) is 0 Å². The molecule has 1 amide bonds. The zero-order valence-corrected chi connectivity index (χ0v) is 21.5. The van der Waals surface area contributed by atoms with Crippen LogP contribution >= 0.6 is 23.8 Å². The van der Waals surface area contributed by atoms with Gasteiger partial charge in [0.2, 0.25) is 6.17 Å². The average Bonchev–Trinajstić information content (AvgIpc) is 2.91. The van der Waals surface area contributed by atoms with E-state index in [0.29, 0.717) is 47.4 Å². The number of aliphatic carboxylic acids is 1. The van der Waals surface area contributed by atoms with Gasteiger partial charge in [0.1, 0.15) is 6.04 Å². The molecule has 10 heteroatoms. The van der Waals surface area contributed by atoms with Crippen molar-refractivity contribution in [2.24, 2.45) is 4.99 Å². The number of hydrogen-bond donors (Lipinski definition) is 4. The van der Waals surface area contributed by atoms with Crippen molar-refractivity contribution in [2.45, 2.75) is 44.9 Å². The summed E-state index contributed by atoms with van der Waals surface area (Å²) in [6, 6.07) is 14.2. The highest BCUT2D eigenvalue weighted by molar-refractivity contribution is 7.80. The lowest BCUT2D eigenvalue weighted by Gasteiger charge is -2.23. The Bertz CT molecular complexity index is 1110. The Morgan fingerprint density at radius 2 is 1.94 bits per heavy atom. The standard InChI is InChI=1S/C25H30ClN5O3S/c1-15(2)27-13-7-10-19(24(33)34)28-25(35)30-22-23(32)31(3)20-12-11-17(26)14-18(20)21(29-22)16-8-5-4-6-9-16/h4-6,8-9,11-12,14-15,19,22,27H,7,10,13H2,1-3H3,(H,33,34)(H2,28,30,35). The molecule has 0 radical (unpaired) electrons. The Balaban J connectivity index is 1.84. The van der Waals surface area contributed by atoms with E-state index in [9.17, 15) is 14.7 Å². The van der Waals surface area contributed by atoms with Gasteiger partial charge in [0.15, 0.2) is 5.11 Å². The van der Waals surface area contributed by atoms with Crippen LogP contribution in [0.4, 0.5) is 5.69 Å². The van der Waals surface area contributed by atoms with Crippen LogP contribution in [0, 0.1) is 0 Å². The summed E-state index contributed by atoms with van der Waals surface area (Å²) in [6.07, 6.45) is -0.0291. The summed E-state index contributed by atoms with van der Waals surface area (Å²) in [5.74, 6) is -1.35. The highest BCUT2D eigenvalue weighted by atomic mass is 35.5. The SMILES string of the molecule is CC(C)NCCCC(NC(=S)NC1N=C(c2ccccc2)c2cc(Cl)ccc2N(C)C1=O)C(=O)O. The first-order chi connectivity index (χ1) is 16.7. The van der Waals surface area contributed by atoms with E-state index in [1.807, 2.05) is 44.2 Å². The molecule has 0 spiro atoms. The number of benzene rings is 2. The molecule has 1 heterocycles. The van der Waals surface area contributed by atoms with Crippen molar-refractivity contribution < 1.29 is 14.7 Å². The molecule has 3 rings (SSSR count). The van der Waals surface area contributed by atoms with Gasteiger partial charge in [0.25, 0.3) is 5.91 Å². The number of carbonyl (C=O) groups excluding carboxylic acids is 1. The molecule has 0 aromatic heterocycles. The van der Waals surface area contributed by atoms with Crippen molar-refractivity contribution in [3.05, 3.63) is 64.7 Å². The predicted octanol–water partition coefficient (Wildman–Crippen LogP) is 3.18. The van der Waals surface area contributed by atoms with Crippen LogP contribution in [0.1, 0.15) is 37.8 Å². The van der Waals surface area contributed by atoms with Gasteiger partial charge in [0.05, 0.1) is 11.4 Å². The van der Waals surface area contributed by atoms with Gasteiger partial charge in [-0.1, -0.05) is 55.8 Å². The minimum Gasteiger partial charge on any atom is -0.480 e. The number of amides is 1. The zero-order chi connectivity index (χ0) is 25.5. The molecule has 35 heavy (non-hydrogen) atoms. The molecule has 2 aromatic carbocycles.